The van der Waals surface area contributed by atoms with Crippen LogP contribution in [0.4, 0.5) is 0 Å². The fourth-order valence-corrected chi connectivity index (χ4v) is 4.15. The van der Waals surface area contributed by atoms with Crippen LogP contribution in [0.25, 0.3) is 0 Å². The van der Waals surface area contributed by atoms with E-state index in [9.17, 15) is 5.11 Å². The predicted octanol–water partition coefficient (Wildman–Crippen LogP) is 4.17. The van der Waals surface area contributed by atoms with Crippen molar-refractivity contribution in [3.05, 3.63) is 69.7 Å². The molecule has 0 aliphatic carbocycles. The molecule has 0 aromatic heterocycles. The van der Waals surface area contributed by atoms with Gasteiger partial charge >= 0.3 is 0 Å². The zero-order valence-corrected chi connectivity index (χ0v) is 15.1. The molecule has 0 amide bonds. The van der Waals surface area contributed by atoms with Crippen molar-refractivity contribution >= 4 is 23.2 Å². The predicted molar refractivity (Wildman–Crippen MR) is 96.6 cm³/mol. The summed E-state index contributed by atoms with van der Waals surface area (Å²) in [5.74, 6) is 0. The third-order valence-corrected chi connectivity index (χ3v) is 5.39. The van der Waals surface area contributed by atoms with Crippen LogP contribution in [0, 0.1) is 0 Å². The summed E-state index contributed by atoms with van der Waals surface area (Å²) in [6, 6.07) is 15.3. The van der Waals surface area contributed by atoms with Gasteiger partial charge in [0.2, 0.25) is 0 Å². The van der Waals surface area contributed by atoms with Gasteiger partial charge in [-0.25, -0.2) is 4.90 Å². The van der Waals surface area contributed by atoms with E-state index in [0.29, 0.717) is 29.7 Å². The molecule has 2 aromatic rings. The summed E-state index contributed by atoms with van der Waals surface area (Å²) in [6.07, 6.45) is 0.0228. The third kappa shape index (κ3) is 3.08. The van der Waals surface area contributed by atoms with E-state index < -0.39 is 0 Å². The lowest BCUT2D eigenvalue weighted by molar-refractivity contribution is -0.0623. The normalized spacial score (nSPS) is 29.1. The number of rotatable bonds is 4. The molecule has 4 nitrogen and oxygen atoms in total. The largest absolute Gasteiger partial charge is 0.396 e. The van der Waals surface area contributed by atoms with Gasteiger partial charge in [0.25, 0.3) is 0 Å². The summed E-state index contributed by atoms with van der Waals surface area (Å²) < 4.78 is 12.3. The first kappa shape index (κ1) is 17.3. The highest BCUT2D eigenvalue weighted by atomic mass is 35.5. The van der Waals surface area contributed by atoms with Crippen molar-refractivity contribution in [1.29, 1.82) is 0 Å². The van der Waals surface area contributed by atoms with Gasteiger partial charge in [-0.2, -0.15) is 0 Å². The lowest BCUT2D eigenvalue weighted by atomic mass is 9.96. The molecule has 4 rings (SSSR count). The maximum atomic E-state index is 9.59. The van der Waals surface area contributed by atoms with Crippen molar-refractivity contribution in [1.82, 2.24) is 4.90 Å². The van der Waals surface area contributed by atoms with E-state index in [0.717, 1.165) is 11.1 Å². The monoisotopic (exact) mass is 379 g/mol. The number of fused-ring (bicyclic) bond motifs is 1. The van der Waals surface area contributed by atoms with E-state index in [-0.39, 0.29) is 24.6 Å². The maximum absolute atomic E-state index is 9.59. The highest BCUT2D eigenvalue weighted by Gasteiger charge is 2.56. The molecule has 132 valence electrons. The summed E-state index contributed by atoms with van der Waals surface area (Å²) in [5, 5.41) is 10.9. The summed E-state index contributed by atoms with van der Waals surface area (Å²) in [6.45, 7) is 1.08. The van der Waals surface area contributed by atoms with E-state index in [1.54, 1.807) is 0 Å². The molecule has 0 saturated carbocycles. The van der Waals surface area contributed by atoms with Crippen LogP contribution in [0.2, 0.25) is 10.0 Å². The van der Waals surface area contributed by atoms with Crippen molar-refractivity contribution in [2.75, 3.05) is 19.8 Å². The SMILES string of the molecule is OCCC12CO[C@H](c3cccc(Cl)c3)N1[C@H](c1cccc(Cl)c1)OC2. The van der Waals surface area contributed by atoms with Crippen LogP contribution >= 0.6 is 23.2 Å². The standard InChI is InChI=1S/C19H19Cl2NO3/c20-15-5-1-3-13(9-15)17-22-18(14-4-2-6-16(21)10-14)25-12-19(22,7-8-23)11-24-17/h1-6,9-10,17-18,23H,7-8,11-12H2/t17-,18+,19?. The maximum Gasteiger partial charge on any atom is 0.139 e. The molecule has 2 heterocycles. The molecular weight excluding hydrogens is 361 g/mol. The topological polar surface area (TPSA) is 41.9 Å². The van der Waals surface area contributed by atoms with E-state index in [4.69, 9.17) is 32.7 Å². The van der Waals surface area contributed by atoms with E-state index in [2.05, 4.69) is 4.90 Å². The number of hydrogen-bond donors (Lipinski definition) is 1. The average molecular weight is 380 g/mol. The van der Waals surface area contributed by atoms with Gasteiger partial charge in [0, 0.05) is 16.7 Å². The van der Waals surface area contributed by atoms with Gasteiger partial charge in [0.15, 0.2) is 0 Å². The van der Waals surface area contributed by atoms with Crippen LogP contribution in [0.1, 0.15) is 30.0 Å². The Morgan fingerprint density at radius 1 is 0.960 bits per heavy atom. The highest BCUT2D eigenvalue weighted by molar-refractivity contribution is 6.30. The van der Waals surface area contributed by atoms with E-state index in [1.807, 2.05) is 48.5 Å². The molecule has 6 heteroatoms. The lowest BCUT2D eigenvalue weighted by Crippen LogP contribution is -2.45. The minimum absolute atomic E-state index is 0.0771. The summed E-state index contributed by atoms with van der Waals surface area (Å²) in [5.41, 5.74) is 1.60. The van der Waals surface area contributed by atoms with Gasteiger partial charge in [0.05, 0.1) is 18.8 Å². The Hall–Kier alpha value is -1.14. The minimum atomic E-state index is -0.352. The number of nitrogens with zero attached hydrogens (tertiary/aromatic N) is 1. The van der Waals surface area contributed by atoms with Crippen molar-refractivity contribution in [3.63, 3.8) is 0 Å². The molecule has 0 spiro atoms. The number of halogens is 2. The second-order valence-electron chi connectivity index (χ2n) is 6.54. The number of ether oxygens (including phenoxy) is 2. The fraction of sp³-hybridized carbons (Fsp3) is 0.368. The Morgan fingerprint density at radius 3 is 1.92 bits per heavy atom. The molecule has 1 unspecified atom stereocenters. The third-order valence-electron chi connectivity index (χ3n) is 4.92. The Labute approximate surface area is 156 Å². The zero-order chi connectivity index (χ0) is 17.4. The molecular formula is C19H19Cl2NO3. The van der Waals surface area contributed by atoms with Gasteiger partial charge in [0.1, 0.15) is 12.5 Å². The van der Waals surface area contributed by atoms with Gasteiger partial charge in [-0.1, -0.05) is 47.5 Å². The summed E-state index contributed by atoms with van der Waals surface area (Å²) in [7, 11) is 0. The van der Waals surface area contributed by atoms with Gasteiger partial charge in [-0.15, -0.1) is 0 Å². The van der Waals surface area contributed by atoms with Crippen LogP contribution in [0.3, 0.4) is 0 Å². The molecule has 3 atom stereocenters. The van der Waals surface area contributed by atoms with Crippen LogP contribution in [-0.4, -0.2) is 35.4 Å². The van der Waals surface area contributed by atoms with Gasteiger partial charge < -0.3 is 14.6 Å². The van der Waals surface area contributed by atoms with Crippen molar-refractivity contribution < 1.29 is 14.6 Å². The van der Waals surface area contributed by atoms with Crippen LogP contribution in [0.15, 0.2) is 48.5 Å². The molecule has 0 bridgehead atoms. The number of benzene rings is 2. The van der Waals surface area contributed by atoms with Gasteiger partial charge in [-0.3, -0.25) is 0 Å². The minimum Gasteiger partial charge on any atom is -0.396 e. The Bertz CT molecular complexity index is 712. The molecule has 2 aromatic carbocycles. The second-order valence-corrected chi connectivity index (χ2v) is 7.41. The van der Waals surface area contributed by atoms with Crippen LogP contribution in [0.5, 0.6) is 0 Å². The van der Waals surface area contributed by atoms with E-state index in [1.165, 1.54) is 0 Å². The van der Waals surface area contributed by atoms with Crippen molar-refractivity contribution in [2.24, 2.45) is 0 Å². The summed E-state index contributed by atoms with van der Waals surface area (Å²) >= 11 is 12.3. The van der Waals surface area contributed by atoms with Crippen LogP contribution in [-0.2, 0) is 9.47 Å². The average Bonchev–Trinajstić information content (AvgIpc) is 3.12. The van der Waals surface area contributed by atoms with Crippen LogP contribution < -0.4 is 0 Å². The number of aliphatic hydroxyl groups is 1. The fourth-order valence-electron chi connectivity index (χ4n) is 3.76. The first-order valence-corrected chi connectivity index (χ1v) is 9.02. The first-order valence-electron chi connectivity index (χ1n) is 8.26. The molecule has 2 aliphatic heterocycles. The number of aliphatic hydroxyl groups excluding tert-OH is 1. The molecule has 2 fully saturated rings. The molecule has 25 heavy (non-hydrogen) atoms. The van der Waals surface area contributed by atoms with Gasteiger partial charge in [-0.05, 0) is 41.8 Å². The smallest absolute Gasteiger partial charge is 0.139 e. The molecule has 2 saturated heterocycles. The summed E-state index contributed by atoms with van der Waals surface area (Å²) in [4.78, 5) is 2.21. The quantitative estimate of drug-likeness (QED) is 0.865. The van der Waals surface area contributed by atoms with Crippen molar-refractivity contribution in [3.8, 4) is 0 Å². The Kier molecular flexibility index (Phi) is 4.75. The molecule has 0 radical (unpaired) electrons. The Morgan fingerprint density at radius 2 is 1.48 bits per heavy atom. The number of hydrogen-bond acceptors (Lipinski definition) is 4. The van der Waals surface area contributed by atoms with E-state index >= 15 is 0 Å². The molecule has 1 N–H and O–H groups in total. The van der Waals surface area contributed by atoms with Crippen molar-refractivity contribution in [2.45, 2.75) is 24.4 Å². The Balaban J connectivity index is 1.75. The first-order chi connectivity index (χ1) is 12.1. The second kappa shape index (κ2) is 6.88. The lowest BCUT2D eigenvalue weighted by Gasteiger charge is -2.34. The molecule has 2 aliphatic rings. The zero-order valence-electron chi connectivity index (χ0n) is 13.6. The highest BCUT2D eigenvalue weighted by Crippen LogP contribution is 2.50.